The molecule has 0 aliphatic rings. The van der Waals surface area contributed by atoms with Crippen LogP contribution in [0.5, 0.6) is 51.7 Å². The molecule has 9 nitrogen and oxygen atoms in total. The second kappa shape index (κ2) is 22.1. The third kappa shape index (κ3) is 15.5. The third-order valence-electron chi connectivity index (χ3n) is 10.4. The molecule has 0 bridgehead atoms. The van der Waals surface area contributed by atoms with Crippen LogP contribution in [0.25, 0.3) is 36.5 Å². The quantitative estimate of drug-likeness (QED) is 0.0780. The second-order valence-corrected chi connectivity index (χ2v) is 19.0. The Balaban J connectivity index is 0.000000216. The Bertz CT molecular complexity index is 2540. The van der Waals surface area contributed by atoms with Gasteiger partial charge in [-0.1, -0.05) is 135 Å². The minimum Gasteiger partial charge on any atom is -0.508 e. The van der Waals surface area contributed by atoms with E-state index in [-0.39, 0.29) is 50.7 Å². The Morgan fingerprint density at radius 3 is 0.879 bits per heavy atom. The maximum absolute atomic E-state index is 9.89. The summed E-state index contributed by atoms with van der Waals surface area (Å²) in [6, 6.07) is 32.3. The number of rotatable bonds is 9. The van der Waals surface area contributed by atoms with Crippen LogP contribution < -0.4 is 14.2 Å². The summed E-state index contributed by atoms with van der Waals surface area (Å²) in [4.78, 5) is 0. The van der Waals surface area contributed by atoms with E-state index in [9.17, 15) is 30.6 Å². The van der Waals surface area contributed by atoms with Crippen LogP contribution in [0.2, 0.25) is 0 Å². The van der Waals surface area contributed by atoms with Crippen molar-refractivity contribution in [2.75, 3.05) is 21.3 Å². The van der Waals surface area contributed by atoms with Gasteiger partial charge in [0.25, 0.3) is 0 Å². The summed E-state index contributed by atoms with van der Waals surface area (Å²) < 4.78 is 15.2. The van der Waals surface area contributed by atoms with Crippen LogP contribution in [0.1, 0.15) is 112 Å². The Morgan fingerprint density at radius 1 is 0.303 bits per heavy atom. The van der Waals surface area contributed by atoms with Crippen molar-refractivity contribution in [1.29, 1.82) is 0 Å². The van der Waals surface area contributed by atoms with Gasteiger partial charge < -0.3 is 44.8 Å². The molecule has 0 aliphatic carbocycles. The molecule has 0 aliphatic heterocycles. The molecule has 6 aromatic rings. The lowest BCUT2D eigenvalue weighted by molar-refractivity contribution is 0.373. The van der Waals surface area contributed by atoms with Crippen molar-refractivity contribution in [1.82, 2.24) is 0 Å². The summed E-state index contributed by atoms with van der Waals surface area (Å²) in [6.45, 7) is 19.0. The Morgan fingerprint density at radius 2 is 0.591 bits per heavy atom. The highest BCUT2D eigenvalue weighted by atomic mass is 16.5. The summed E-state index contributed by atoms with van der Waals surface area (Å²) in [5.74, 6) is 2.44. The number of hydrogen-bond donors (Lipinski definition) is 6. The van der Waals surface area contributed by atoms with Crippen molar-refractivity contribution in [2.24, 2.45) is 0 Å². The van der Waals surface area contributed by atoms with E-state index in [0.29, 0.717) is 17.2 Å². The molecule has 6 N–H and O–H groups in total. The molecule has 0 unspecified atom stereocenters. The molecular weight excluding hydrogens is 829 g/mol. The summed E-state index contributed by atoms with van der Waals surface area (Å²) in [6.07, 6.45) is 11.5. The molecule has 0 radical (unpaired) electrons. The topological polar surface area (TPSA) is 149 Å². The Labute approximate surface area is 390 Å². The molecule has 0 saturated heterocycles. The molecule has 0 atom stereocenters. The van der Waals surface area contributed by atoms with Crippen LogP contribution in [-0.4, -0.2) is 52.0 Å². The van der Waals surface area contributed by atoms with Crippen LogP contribution in [-0.2, 0) is 16.2 Å². The highest BCUT2D eigenvalue weighted by Gasteiger charge is 2.17. The Hall–Kier alpha value is -7.26. The molecule has 9 heteroatoms. The molecule has 0 spiro atoms. The minimum absolute atomic E-state index is 0.0247. The summed E-state index contributed by atoms with van der Waals surface area (Å²) >= 11 is 0. The van der Waals surface area contributed by atoms with Gasteiger partial charge in [0.15, 0.2) is 34.5 Å². The van der Waals surface area contributed by atoms with Crippen LogP contribution in [0.4, 0.5) is 0 Å². The van der Waals surface area contributed by atoms with E-state index in [0.717, 1.165) is 50.1 Å². The molecule has 66 heavy (non-hydrogen) atoms. The number of phenols is 6. The van der Waals surface area contributed by atoms with E-state index < -0.39 is 0 Å². The fourth-order valence-corrected chi connectivity index (χ4v) is 6.48. The fourth-order valence-electron chi connectivity index (χ4n) is 6.48. The first kappa shape index (κ1) is 51.4. The first-order valence-electron chi connectivity index (χ1n) is 21.6. The molecule has 0 heterocycles. The van der Waals surface area contributed by atoms with E-state index in [4.69, 9.17) is 14.2 Å². The summed E-state index contributed by atoms with van der Waals surface area (Å²) in [7, 11) is 4.56. The summed E-state index contributed by atoms with van der Waals surface area (Å²) in [5, 5.41) is 58.6. The fraction of sp³-hybridized carbons (Fsp3) is 0.263. The molecule has 348 valence electrons. The van der Waals surface area contributed by atoms with Crippen LogP contribution in [0.15, 0.2) is 109 Å². The van der Waals surface area contributed by atoms with Gasteiger partial charge in [0, 0.05) is 0 Å². The lowest BCUT2D eigenvalue weighted by atomic mass is 9.86. The molecule has 0 saturated carbocycles. The molecule has 0 amide bonds. The van der Waals surface area contributed by atoms with Crippen LogP contribution in [0, 0.1) is 0 Å². The van der Waals surface area contributed by atoms with Crippen molar-refractivity contribution in [3.8, 4) is 51.7 Å². The van der Waals surface area contributed by atoms with Gasteiger partial charge in [-0.2, -0.15) is 0 Å². The highest BCUT2D eigenvalue weighted by Crippen LogP contribution is 2.33. The maximum Gasteiger partial charge on any atom is 0.161 e. The number of phenolic OH excluding ortho intramolecular Hbond substituents is 6. The minimum atomic E-state index is -0.0281. The SMILES string of the molecule is COc1cc(/C=C/c2cc(O)cc(C(C)(C)C)c2)ccc1O.COc1cc(/C=C/c2cc(O)cc(C(C)(C)C)c2)ccc1O.COc1ccc(/C=C/c2cc(O)cc(C(C)(C)C)c2)cc1O. The van der Waals surface area contributed by atoms with Gasteiger partial charge in [-0.25, -0.2) is 0 Å². The molecule has 6 rings (SSSR count). The first-order chi connectivity index (χ1) is 30.9. The predicted molar refractivity (Wildman–Crippen MR) is 271 cm³/mol. The molecule has 6 aromatic carbocycles. The van der Waals surface area contributed by atoms with E-state index >= 15 is 0 Å². The summed E-state index contributed by atoms with van der Waals surface area (Å²) in [5.41, 5.74) is 8.61. The lowest BCUT2D eigenvalue weighted by Crippen LogP contribution is -2.10. The average molecular weight is 895 g/mol. The van der Waals surface area contributed by atoms with E-state index in [2.05, 4.69) is 80.5 Å². The smallest absolute Gasteiger partial charge is 0.161 e. The molecular formula is C57H66O9. The van der Waals surface area contributed by atoms with E-state index in [1.807, 2.05) is 54.7 Å². The van der Waals surface area contributed by atoms with Crippen molar-refractivity contribution in [3.05, 3.63) is 159 Å². The van der Waals surface area contributed by atoms with Gasteiger partial charge >= 0.3 is 0 Å². The van der Waals surface area contributed by atoms with Gasteiger partial charge in [0.05, 0.1) is 21.3 Å². The first-order valence-corrected chi connectivity index (χ1v) is 21.6. The van der Waals surface area contributed by atoms with Gasteiger partial charge in [-0.3, -0.25) is 0 Å². The number of hydrogen-bond acceptors (Lipinski definition) is 9. The lowest BCUT2D eigenvalue weighted by Gasteiger charge is -2.19. The standard InChI is InChI=1S/3C19H22O3/c1-19(2,3)15-9-14(10-16(20)12-15)6-5-13-7-8-18(22-4)17(21)11-13;2*1-19(2,3)15-9-14(10-16(20)12-15)6-5-13-7-8-17(21)18(11-13)22-4/h3*5-12,20-21H,1-4H3/b3*6-5+. The van der Waals surface area contributed by atoms with Gasteiger partial charge in [0.2, 0.25) is 0 Å². The number of aromatic hydroxyl groups is 6. The van der Waals surface area contributed by atoms with Gasteiger partial charge in [-0.15, -0.1) is 0 Å². The molecule has 0 fully saturated rings. The number of benzene rings is 6. The van der Waals surface area contributed by atoms with E-state index in [1.54, 1.807) is 72.8 Å². The maximum atomic E-state index is 9.89. The second-order valence-electron chi connectivity index (χ2n) is 19.0. The molecule has 0 aromatic heterocycles. The number of methoxy groups -OCH3 is 3. The van der Waals surface area contributed by atoms with Crippen molar-refractivity contribution in [3.63, 3.8) is 0 Å². The largest absolute Gasteiger partial charge is 0.508 e. The third-order valence-corrected chi connectivity index (χ3v) is 10.4. The number of ether oxygens (including phenoxy) is 3. The average Bonchev–Trinajstić information content (AvgIpc) is 3.24. The zero-order valence-electron chi connectivity index (χ0n) is 40.3. The highest BCUT2D eigenvalue weighted by molar-refractivity contribution is 5.74. The van der Waals surface area contributed by atoms with Crippen LogP contribution in [0.3, 0.4) is 0 Å². The van der Waals surface area contributed by atoms with Crippen molar-refractivity contribution in [2.45, 2.75) is 78.6 Å². The van der Waals surface area contributed by atoms with Gasteiger partial charge in [-0.05, 0) is 139 Å². The van der Waals surface area contributed by atoms with Crippen molar-refractivity contribution < 1.29 is 44.8 Å². The monoisotopic (exact) mass is 894 g/mol. The normalized spacial score (nSPS) is 11.8. The Kier molecular flexibility index (Phi) is 17.2. The zero-order valence-corrected chi connectivity index (χ0v) is 40.3. The van der Waals surface area contributed by atoms with Crippen LogP contribution >= 0.6 is 0 Å². The zero-order chi connectivity index (χ0) is 49.0. The van der Waals surface area contributed by atoms with Gasteiger partial charge in [0.1, 0.15) is 17.2 Å². The van der Waals surface area contributed by atoms with E-state index in [1.165, 1.54) is 21.3 Å². The predicted octanol–water partition coefficient (Wildman–Crippen LogP) is 13.7. The van der Waals surface area contributed by atoms with Crippen molar-refractivity contribution >= 4 is 36.5 Å².